The molecule has 2 rings (SSSR count). The van der Waals surface area contributed by atoms with Crippen molar-refractivity contribution in [2.75, 3.05) is 12.3 Å². The predicted molar refractivity (Wildman–Crippen MR) is 159 cm³/mol. The summed E-state index contributed by atoms with van der Waals surface area (Å²) in [7, 11) is 0. The molecule has 4 N–H and O–H groups in total. The lowest BCUT2D eigenvalue weighted by Gasteiger charge is -2.05. The number of unbranched alkanes of at least 4 members (excludes halogenated alkanes) is 12. The number of allylic oxidation sites excluding steroid dienone is 2. The number of hydrogen-bond donors (Lipinski definition) is 3. The molecular weight excluding hydrogens is 498 g/mol. The van der Waals surface area contributed by atoms with Gasteiger partial charge in [0.05, 0.1) is 17.9 Å². The molecular formula is C29H52ClN7O. The summed E-state index contributed by atoms with van der Waals surface area (Å²) in [5.41, 5.74) is 7.62. The van der Waals surface area contributed by atoms with Crippen LogP contribution >= 0.6 is 12.4 Å². The quantitative estimate of drug-likeness (QED) is 0.105. The van der Waals surface area contributed by atoms with Crippen molar-refractivity contribution in [3.05, 3.63) is 35.9 Å². The molecule has 0 saturated heterocycles. The number of rotatable bonds is 23. The molecule has 9 heteroatoms. The maximum absolute atomic E-state index is 12.1. The fourth-order valence-electron chi connectivity index (χ4n) is 4.43. The predicted octanol–water partition coefficient (Wildman–Crippen LogP) is 6.72. The van der Waals surface area contributed by atoms with Crippen LogP contribution in [0.15, 0.2) is 24.5 Å². The lowest BCUT2D eigenvalue weighted by atomic mass is 10.1. The lowest BCUT2D eigenvalue weighted by Crippen LogP contribution is -2.27. The molecule has 0 aliphatic heterocycles. The van der Waals surface area contributed by atoms with E-state index in [-0.39, 0.29) is 18.3 Å². The average Bonchev–Trinajstić information content (AvgIpc) is 3.52. The van der Waals surface area contributed by atoms with Crippen LogP contribution in [0.4, 0.5) is 5.95 Å². The number of nitrogen functional groups attached to an aromatic ring is 1. The number of imidazole rings is 1. The van der Waals surface area contributed by atoms with E-state index >= 15 is 0 Å². The number of H-pyrrole nitrogens is 1. The Labute approximate surface area is 236 Å². The fourth-order valence-corrected chi connectivity index (χ4v) is 4.43. The molecule has 2 heterocycles. The van der Waals surface area contributed by atoms with Crippen LogP contribution in [0.3, 0.4) is 0 Å². The Balaban J connectivity index is 0.00000722. The molecule has 0 atom stereocenters. The van der Waals surface area contributed by atoms with Gasteiger partial charge in [-0.2, -0.15) is 0 Å². The summed E-state index contributed by atoms with van der Waals surface area (Å²) in [5, 5.41) is 11.4. The summed E-state index contributed by atoms with van der Waals surface area (Å²) in [4.78, 5) is 19.2. The van der Waals surface area contributed by atoms with Crippen molar-refractivity contribution in [1.82, 2.24) is 30.3 Å². The third-order valence-corrected chi connectivity index (χ3v) is 6.68. The SMILES string of the molecule is CCCCCCCCC=CCCCCCCC(=O)NCCn1cc(CCCCCc2c[nH]c(N)n2)nn1.Cl. The molecule has 216 valence electrons. The highest BCUT2D eigenvalue weighted by atomic mass is 35.5. The molecule has 0 aromatic carbocycles. The zero-order chi connectivity index (χ0) is 26.4. The Kier molecular flexibility index (Phi) is 20.0. The number of amides is 1. The van der Waals surface area contributed by atoms with Crippen LogP contribution in [0.25, 0.3) is 0 Å². The molecule has 8 nitrogen and oxygen atoms in total. The van der Waals surface area contributed by atoms with Crippen molar-refractivity contribution >= 4 is 24.3 Å². The Hall–Kier alpha value is -2.35. The van der Waals surface area contributed by atoms with Gasteiger partial charge in [0.2, 0.25) is 5.91 Å². The molecule has 0 aliphatic rings. The van der Waals surface area contributed by atoms with Crippen molar-refractivity contribution in [2.24, 2.45) is 0 Å². The van der Waals surface area contributed by atoms with E-state index in [0.29, 0.717) is 25.5 Å². The van der Waals surface area contributed by atoms with E-state index in [1.807, 2.05) is 17.1 Å². The minimum atomic E-state index is 0. The van der Waals surface area contributed by atoms with Crippen molar-refractivity contribution in [3.8, 4) is 0 Å². The summed E-state index contributed by atoms with van der Waals surface area (Å²) in [6.45, 7) is 3.52. The summed E-state index contributed by atoms with van der Waals surface area (Å²) >= 11 is 0. The number of nitrogens with zero attached hydrogens (tertiary/aromatic N) is 4. The summed E-state index contributed by atoms with van der Waals surface area (Å²) < 4.78 is 1.82. The Morgan fingerprint density at radius 3 is 2.24 bits per heavy atom. The smallest absolute Gasteiger partial charge is 0.220 e. The zero-order valence-electron chi connectivity index (χ0n) is 23.6. The molecule has 0 aliphatic carbocycles. The van der Waals surface area contributed by atoms with Gasteiger partial charge in [-0.3, -0.25) is 9.48 Å². The third-order valence-electron chi connectivity index (χ3n) is 6.68. The van der Waals surface area contributed by atoms with Gasteiger partial charge in [-0.05, 0) is 57.8 Å². The molecule has 0 unspecified atom stereocenters. The van der Waals surface area contributed by atoms with Gasteiger partial charge in [0, 0.05) is 25.4 Å². The number of hydrogen-bond acceptors (Lipinski definition) is 5. The van der Waals surface area contributed by atoms with E-state index in [1.165, 1.54) is 64.2 Å². The van der Waals surface area contributed by atoms with Gasteiger partial charge >= 0.3 is 0 Å². The molecule has 0 fully saturated rings. The maximum atomic E-state index is 12.1. The van der Waals surface area contributed by atoms with E-state index in [4.69, 9.17) is 5.73 Å². The van der Waals surface area contributed by atoms with E-state index in [9.17, 15) is 4.79 Å². The van der Waals surface area contributed by atoms with Gasteiger partial charge in [0.25, 0.3) is 0 Å². The molecule has 0 spiro atoms. The molecule has 0 radical (unpaired) electrons. The number of nitrogens with one attached hydrogen (secondary N) is 2. The first-order valence-electron chi connectivity index (χ1n) is 14.8. The van der Waals surface area contributed by atoms with Gasteiger partial charge in [-0.15, -0.1) is 17.5 Å². The Morgan fingerprint density at radius 2 is 1.55 bits per heavy atom. The monoisotopic (exact) mass is 549 g/mol. The number of carbonyl (C=O) groups excluding carboxylic acids is 1. The fraction of sp³-hybridized carbons (Fsp3) is 0.724. The molecule has 2 aromatic heterocycles. The minimum absolute atomic E-state index is 0. The van der Waals surface area contributed by atoms with E-state index < -0.39 is 0 Å². The Morgan fingerprint density at radius 1 is 0.921 bits per heavy atom. The van der Waals surface area contributed by atoms with Crippen molar-refractivity contribution in [3.63, 3.8) is 0 Å². The van der Waals surface area contributed by atoms with Crippen molar-refractivity contribution < 1.29 is 4.79 Å². The summed E-state index contributed by atoms with van der Waals surface area (Å²) in [5.74, 6) is 0.619. The van der Waals surface area contributed by atoms with Gasteiger partial charge < -0.3 is 16.0 Å². The standard InChI is InChI=1S/C29H51N7O.ClH/c1-2-3-4-5-6-7-8-9-10-11-12-13-14-18-21-28(37)31-22-23-36-25-27(34-35-36)20-17-15-16-19-26-24-32-29(30)33-26;/h9-10,24-25H,2-8,11-23H2,1H3,(H,31,37)(H3,30,32,33);1H. The summed E-state index contributed by atoms with van der Waals surface area (Å²) in [6.07, 6.45) is 29.4. The van der Waals surface area contributed by atoms with Crippen LogP contribution < -0.4 is 11.1 Å². The van der Waals surface area contributed by atoms with Crippen LogP contribution in [0.5, 0.6) is 0 Å². The number of aryl methyl sites for hydroxylation is 2. The van der Waals surface area contributed by atoms with Gasteiger partial charge in [0.15, 0.2) is 5.95 Å². The molecule has 2 aromatic rings. The number of aromatic amines is 1. The molecule has 38 heavy (non-hydrogen) atoms. The molecule has 0 bridgehead atoms. The highest BCUT2D eigenvalue weighted by Crippen LogP contribution is 2.10. The van der Waals surface area contributed by atoms with Crippen LogP contribution in [-0.4, -0.2) is 37.4 Å². The molecule has 0 saturated carbocycles. The third kappa shape index (κ3) is 17.2. The normalized spacial score (nSPS) is 11.2. The highest BCUT2D eigenvalue weighted by Gasteiger charge is 2.04. The Bertz CT molecular complexity index is 865. The van der Waals surface area contributed by atoms with E-state index in [0.717, 1.165) is 56.3 Å². The first-order chi connectivity index (χ1) is 18.2. The number of anilines is 1. The first-order valence-corrected chi connectivity index (χ1v) is 14.8. The topological polar surface area (TPSA) is 115 Å². The maximum Gasteiger partial charge on any atom is 0.220 e. The van der Waals surface area contributed by atoms with Crippen molar-refractivity contribution in [2.45, 2.75) is 129 Å². The van der Waals surface area contributed by atoms with Gasteiger partial charge in [-0.25, -0.2) is 4.98 Å². The van der Waals surface area contributed by atoms with Crippen LogP contribution in [0, 0.1) is 0 Å². The second-order valence-electron chi connectivity index (χ2n) is 10.1. The van der Waals surface area contributed by atoms with Gasteiger partial charge in [0.1, 0.15) is 0 Å². The number of nitrogens with two attached hydrogens (primary N) is 1. The highest BCUT2D eigenvalue weighted by molar-refractivity contribution is 5.85. The zero-order valence-corrected chi connectivity index (χ0v) is 24.5. The van der Waals surface area contributed by atoms with E-state index in [1.54, 1.807) is 0 Å². The molecule has 1 amide bonds. The lowest BCUT2D eigenvalue weighted by molar-refractivity contribution is -0.121. The van der Waals surface area contributed by atoms with Crippen LogP contribution in [0.1, 0.15) is 121 Å². The average molecular weight is 550 g/mol. The summed E-state index contributed by atoms with van der Waals surface area (Å²) in [6, 6.07) is 0. The number of carbonyl (C=O) groups is 1. The number of aromatic nitrogens is 5. The van der Waals surface area contributed by atoms with Crippen molar-refractivity contribution in [1.29, 1.82) is 0 Å². The number of halogens is 1. The second-order valence-corrected chi connectivity index (χ2v) is 10.1. The minimum Gasteiger partial charge on any atom is -0.369 e. The van der Waals surface area contributed by atoms with E-state index in [2.05, 4.69) is 44.7 Å². The largest absolute Gasteiger partial charge is 0.369 e. The van der Waals surface area contributed by atoms with Crippen LogP contribution in [0.2, 0.25) is 0 Å². The first kappa shape index (κ1) is 33.7. The van der Waals surface area contributed by atoms with Gasteiger partial charge in [-0.1, -0.05) is 75.7 Å². The second kappa shape index (κ2) is 22.6. The van der Waals surface area contributed by atoms with Crippen LogP contribution in [-0.2, 0) is 24.2 Å².